The fourth-order valence-electron chi connectivity index (χ4n) is 7.57. The van der Waals surface area contributed by atoms with Crippen molar-refractivity contribution in [3.8, 4) is 0 Å². The van der Waals surface area contributed by atoms with Crippen LogP contribution in [-0.2, 0) is 23.8 Å². The van der Waals surface area contributed by atoms with Crippen LogP contribution in [0.25, 0.3) is 0 Å². The highest BCUT2D eigenvalue weighted by molar-refractivity contribution is 5.91. The van der Waals surface area contributed by atoms with E-state index in [9.17, 15) is 19.8 Å². The molecule has 0 bridgehead atoms. The van der Waals surface area contributed by atoms with Crippen LogP contribution < -0.4 is 0 Å². The monoisotopic (exact) mass is 458 g/mol. The number of hydrogen-bond acceptors (Lipinski definition) is 7. The molecule has 180 valence electrons. The molecular weight excluding hydrogens is 424 g/mol. The maximum Gasteiger partial charge on any atom is 0.303 e. The van der Waals surface area contributed by atoms with Gasteiger partial charge in [-0.1, -0.05) is 50.1 Å². The topological polar surface area (TPSA) is 102 Å². The van der Waals surface area contributed by atoms with E-state index in [-0.39, 0.29) is 17.8 Å². The Morgan fingerprint density at radius 1 is 1.18 bits per heavy atom. The van der Waals surface area contributed by atoms with Gasteiger partial charge in [-0.3, -0.25) is 9.59 Å². The van der Waals surface area contributed by atoms with Crippen molar-refractivity contribution in [2.45, 2.75) is 64.4 Å². The quantitative estimate of drug-likeness (QED) is 0.495. The number of fused-ring (bicyclic) bond motifs is 5. The average Bonchev–Trinajstić information content (AvgIpc) is 3.29. The van der Waals surface area contributed by atoms with Crippen LogP contribution in [-0.4, -0.2) is 59.3 Å². The lowest BCUT2D eigenvalue weighted by molar-refractivity contribution is -0.172. The van der Waals surface area contributed by atoms with Crippen molar-refractivity contribution < 1.29 is 34.0 Å². The zero-order valence-corrected chi connectivity index (χ0v) is 19.8. The number of aliphatic hydroxyl groups excluding tert-OH is 1. The first-order valence-electron chi connectivity index (χ1n) is 11.9. The van der Waals surface area contributed by atoms with E-state index in [0.29, 0.717) is 32.5 Å². The number of Topliss-reactive ketones (excluding diaryl/α,β-unsaturated/α-hetero) is 1. The molecule has 4 aliphatic carbocycles. The first-order valence-corrected chi connectivity index (χ1v) is 11.9. The van der Waals surface area contributed by atoms with E-state index in [1.54, 1.807) is 0 Å². The van der Waals surface area contributed by atoms with Crippen LogP contribution in [0, 0.1) is 28.6 Å². The van der Waals surface area contributed by atoms with Gasteiger partial charge in [0.2, 0.25) is 5.78 Å². The van der Waals surface area contributed by atoms with Crippen LogP contribution >= 0.6 is 0 Å². The molecule has 7 atom stereocenters. The van der Waals surface area contributed by atoms with Crippen molar-refractivity contribution in [3.63, 3.8) is 0 Å². The zero-order valence-electron chi connectivity index (χ0n) is 19.8. The summed E-state index contributed by atoms with van der Waals surface area (Å²) < 4.78 is 16.7. The van der Waals surface area contributed by atoms with Crippen LogP contribution in [0.3, 0.4) is 0 Å². The lowest BCUT2D eigenvalue weighted by atomic mass is 9.49. The molecule has 1 aliphatic heterocycles. The number of rotatable bonds is 3. The van der Waals surface area contributed by atoms with Gasteiger partial charge in [0.15, 0.2) is 12.4 Å². The highest BCUT2D eigenvalue weighted by Crippen LogP contribution is 2.67. The molecule has 0 aromatic rings. The minimum atomic E-state index is -1.68. The first-order chi connectivity index (χ1) is 15.5. The second-order valence-corrected chi connectivity index (χ2v) is 11.0. The minimum absolute atomic E-state index is 0.0647. The molecule has 1 saturated heterocycles. The Bertz CT molecular complexity index is 973. The molecule has 0 aromatic carbocycles. The van der Waals surface area contributed by atoms with E-state index in [2.05, 4.69) is 25.2 Å². The van der Waals surface area contributed by atoms with Crippen LogP contribution in [0.4, 0.5) is 0 Å². The third-order valence-electron chi connectivity index (χ3n) is 9.26. The molecule has 1 spiro atoms. The molecule has 0 aromatic heterocycles. The molecule has 33 heavy (non-hydrogen) atoms. The van der Waals surface area contributed by atoms with Crippen molar-refractivity contribution in [1.29, 1.82) is 0 Å². The molecule has 3 unspecified atom stereocenters. The minimum Gasteiger partial charge on any atom is -0.458 e. The van der Waals surface area contributed by atoms with Gasteiger partial charge in [-0.05, 0) is 30.8 Å². The van der Waals surface area contributed by atoms with Crippen molar-refractivity contribution in [3.05, 3.63) is 35.5 Å². The fraction of sp³-hybridized carbons (Fsp3) is 0.692. The third kappa shape index (κ3) is 3.02. The molecule has 0 amide bonds. The van der Waals surface area contributed by atoms with Crippen LogP contribution in [0.1, 0.15) is 47.0 Å². The van der Waals surface area contributed by atoms with Gasteiger partial charge in [0.25, 0.3) is 0 Å². The molecule has 7 nitrogen and oxygen atoms in total. The van der Waals surface area contributed by atoms with Crippen molar-refractivity contribution >= 4 is 11.8 Å². The van der Waals surface area contributed by atoms with Gasteiger partial charge in [-0.2, -0.15) is 0 Å². The number of carbonyl (C=O) groups is 2. The van der Waals surface area contributed by atoms with E-state index < -0.39 is 46.7 Å². The summed E-state index contributed by atoms with van der Waals surface area (Å²) in [5.41, 5.74) is -0.681. The summed E-state index contributed by atoms with van der Waals surface area (Å²) in [7, 11) is 0. The Morgan fingerprint density at radius 2 is 1.88 bits per heavy atom. The molecule has 2 N–H and O–H groups in total. The molecule has 1 heterocycles. The van der Waals surface area contributed by atoms with Gasteiger partial charge in [0.1, 0.15) is 5.60 Å². The van der Waals surface area contributed by atoms with Gasteiger partial charge in [0, 0.05) is 30.1 Å². The van der Waals surface area contributed by atoms with E-state index in [4.69, 9.17) is 14.2 Å². The summed E-state index contributed by atoms with van der Waals surface area (Å²) in [6.45, 7) is 7.86. The Labute approximate surface area is 194 Å². The molecule has 5 aliphatic rings. The summed E-state index contributed by atoms with van der Waals surface area (Å²) in [6.07, 6.45) is 9.12. The Hall–Kier alpha value is -1.80. The highest BCUT2D eigenvalue weighted by atomic mass is 16.7. The second-order valence-electron chi connectivity index (χ2n) is 11.0. The standard InChI is InChI=1S/C26H34O7/c1-15-11-19-18-6-5-17-12-25(32-9-10-33-25)8-7-23(17,3)22(18)20(28)13-24(19,4)26(15,30)21(29)14-31-16(2)27/h5-8,15,19-20,22,28,30H,9-14H2,1-4H3/t15-,19?,20?,22?,23-,24-,26-/m0/s1. The Kier molecular flexibility index (Phi) is 5.11. The Balaban J connectivity index is 1.52. The zero-order chi connectivity index (χ0) is 23.8. The maximum atomic E-state index is 13.2. The van der Waals surface area contributed by atoms with Crippen LogP contribution in [0.5, 0.6) is 0 Å². The van der Waals surface area contributed by atoms with Crippen molar-refractivity contribution in [1.82, 2.24) is 0 Å². The van der Waals surface area contributed by atoms with Crippen molar-refractivity contribution in [2.75, 3.05) is 19.8 Å². The van der Waals surface area contributed by atoms with Crippen molar-refractivity contribution in [2.24, 2.45) is 28.6 Å². The first kappa shape index (κ1) is 23.0. The van der Waals surface area contributed by atoms with E-state index in [1.807, 2.05) is 19.9 Å². The van der Waals surface area contributed by atoms with Crippen LogP contribution in [0.15, 0.2) is 35.5 Å². The SMILES string of the molecule is CC(=O)OCC(=O)[C@@]1(O)[C@@H](C)CC2C3=CC=C4CC5(C=C[C@]4(C)C3C(O)C[C@@]21C)OCCO5. The van der Waals surface area contributed by atoms with Gasteiger partial charge < -0.3 is 24.4 Å². The largest absolute Gasteiger partial charge is 0.458 e. The number of esters is 1. The van der Waals surface area contributed by atoms with Gasteiger partial charge in [0.05, 0.1) is 19.3 Å². The smallest absolute Gasteiger partial charge is 0.303 e. The number of allylic oxidation sites excluding steroid dienone is 3. The number of aliphatic hydroxyl groups is 2. The number of ketones is 1. The van der Waals surface area contributed by atoms with E-state index >= 15 is 0 Å². The Morgan fingerprint density at radius 3 is 2.55 bits per heavy atom. The second kappa shape index (κ2) is 7.35. The molecular formula is C26H34O7. The number of ether oxygens (including phenoxy) is 3. The normalized spacial score (nSPS) is 45.0. The average molecular weight is 459 g/mol. The fourth-order valence-corrected chi connectivity index (χ4v) is 7.57. The summed E-state index contributed by atoms with van der Waals surface area (Å²) in [5.74, 6) is -2.30. The summed E-state index contributed by atoms with van der Waals surface area (Å²) in [5, 5.41) is 23.3. The van der Waals surface area contributed by atoms with Gasteiger partial charge in [-0.25, -0.2) is 0 Å². The molecule has 3 fully saturated rings. The molecule has 2 saturated carbocycles. The predicted octanol–water partition coefficient (Wildman–Crippen LogP) is 2.47. The summed E-state index contributed by atoms with van der Waals surface area (Å²) in [6, 6.07) is 0. The van der Waals surface area contributed by atoms with Gasteiger partial charge in [-0.15, -0.1) is 0 Å². The molecule has 7 heteroatoms. The lowest BCUT2D eigenvalue weighted by Crippen LogP contribution is -2.61. The summed E-state index contributed by atoms with van der Waals surface area (Å²) in [4.78, 5) is 24.4. The molecule has 5 rings (SSSR count). The predicted molar refractivity (Wildman–Crippen MR) is 119 cm³/mol. The van der Waals surface area contributed by atoms with E-state index in [1.165, 1.54) is 6.92 Å². The number of carbonyl (C=O) groups excluding carboxylic acids is 2. The summed E-state index contributed by atoms with van der Waals surface area (Å²) >= 11 is 0. The number of hydrogen-bond donors (Lipinski definition) is 2. The van der Waals surface area contributed by atoms with E-state index in [0.717, 1.165) is 11.1 Å². The highest BCUT2D eigenvalue weighted by Gasteiger charge is 2.69. The lowest BCUT2D eigenvalue weighted by Gasteiger charge is -2.56. The maximum absolute atomic E-state index is 13.2. The van der Waals surface area contributed by atoms with Crippen LogP contribution in [0.2, 0.25) is 0 Å². The third-order valence-corrected chi connectivity index (χ3v) is 9.26. The van der Waals surface area contributed by atoms with Gasteiger partial charge >= 0.3 is 5.97 Å². The molecule has 0 radical (unpaired) electrons.